The summed E-state index contributed by atoms with van der Waals surface area (Å²) in [6.45, 7) is 1.31. The topological polar surface area (TPSA) is 88.9 Å². The van der Waals surface area contributed by atoms with Crippen molar-refractivity contribution < 1.29 is 22.4 Å². The lowest BCUT2D eigenvalue weighted by atomic mass is 10.2. The van der Waals surface area contributed by atoms with Crippen LogP contribution < -0.4 is 5.32 Å². The van der Waals surface area contributed by atoms with E-state index in [0.29, 0.717) is 28.8 Å². The predicted octanol–water partition coefficient (Wildman–Crippen LogP) is 2.54. The van der Waals surface area contributed by atoms with Crippen molar-refractivity contribution in [2.24, 2.45) is 0 Å². The first kappa shape index (κ1) is 19.2. The first-order valence-electron chi connectivity index (χ1n) is 7.78. The number of rotatable bonds is 5. The molecule has 2 heterocycles. The molecule has 0 saturated carbocycles. The smallest absolute Gasteiger partial charge is 0.287 e. The molecule has 1 aliphatic heterocycles. The Morgan fingerprint density at radius 3 is 2.58 bits per heavy atom. The van der Waals surface area contributed by atoms with Crippen LogP contribution in [0.3, 0.4) is 0 Å². The average Bonchev–Trinajstić information content (AvgIpc) is 3.12. The second-order valence-corrected chi connectivity index (χ2v) is 8.27. The van der Waals surface area contributed by atoms with Gasteiger partial charge in [-0.3, -0.25) is 4.79 Å². The summed E-state index contributed by atoms with van der Waals surface area (Å²) in [5.74, 6) is -0.638. The van der Waals surface area contributed by atoms with Crippen LogP contribution >= 0.6 is 23.2 Å². The maximum Gasteiger partial charge on any atom is 0.287 e. The molecule has 0 spiro atoms. The van der Waals surface area contributed by atoms with Gasteiger partial charge in [0.15, 0.2) is 5.76 Å². The van der Waals surface area contributed by atoms with E-state index in [-0.39, 0.29) is 30.5 Å². The third kappa shape index (κ3) is 4.21. The number of morpholine rings is 1. The minimum atomic E-state index is -3.78. The van der Waals surface area contributed by atoms with Crippen molar-refractivity contribution in [1.29, 1.82) is 0 Å². The summed E-state index contributed by atoms with van der Waals surface area (Å²) in [7, 11) is -3.78. The molecular formula is C16H16Cl2N2O5S. The van der Waals surface area contributed by atoms with E-state index in [1.54, 1.807) is 18.2 Å². The van der Waals surface area contributed by atoms with E-state index < -0.39 is 15.9 Å². The summed E-state index contributed by atoms with van der Waals surface area (Å²) in [5.41, 5.74) is 0.678. The molecule has 1 saturated heterocycles. The van der Waals surface area contributed by atoms with E-state index in [4.69, 9.17) is 32.4 Å². The molecule has 0 unspecified atom stereocenters. The number of nitrogens with zero attached hydrogens (tertiary/aromatic N) is 1. The summed E-state index contributed by atoms with van der Waals surface area (Å²) >= 11 is 11.9. The van der Waals surface area contributed by atoms with Gasteiger partial charge in [-0.05, 0) is 29.8 Å². The van der Waals surface area contributed by atoms with Gasteiger partial charge >= 0.3 is 0 Å². The molecule has 140 valence electrons. The highest BCUT2D eigenvalue weighted by atomic mass is 35.5. The fourth-order valence-electron chi connectivity index (χ4n) is 2.42. The molecule has 0 radical (unpaired) electrons. The van der Waals surface area contributed by atoms with Gasteiger partial charge in [0.1, 0.15) is 0 Å². The molecular weight excluding hydrogens is 403 g/mol. The molecule has 0 bridgehead atoms. The average molecular weight is 419 g/mol. The summed E-state index contributed by atoms with van der Waals surface area (Å²) < 4.78 is 36.7. The first-order chi connectivity index (χ1) is 12.4. The summed E-state index contributed by atoms with van der Waals surface area (Å²) in [6, 6.07) is 7.53. The highest BCUT2D eigenvalue weighted by molar-refractivity contribution is 7.89. The molecule has 7 nitrogen and oxygen atoms in total. The van der Waals surface area contributed by atoms with Gasteiger partial charge in [0.05, 0.1) is 13.2 Å². The zero-order chi connectivity index (χ0) is 18.7. The van der Waals surface area contributed by atoms with Crippen LogP contribution in [0.2, 0.25) is 10.0 Å². The zero-order valence-corrected chi connectivity index (χ0v) is 15.9. The van der Waals surface area contributed by atoms with E-state index in [0.717, 1.165) is 0 Å². The fourth-order valence-corrected chi connectivity index (χ4v) is 4.22. The second kappa shape index (κ2) is 7.98. The maximum atomic E-state index is 12.5. The lowest BCUT2D eigenvalue weighted by molar-refractivity contribution is 0.0722. The Morgan fingerprint density at radius 1 is 1.15 bits per heavy atom. The monoisotopic (exact) mass is 418 g/mol. The number of nitrogens with one attached hydrogen (secondary N) is 1. The fraction of sp³-hybridized carbons (Fsp3) is 0.312. The van der Waals surface area contributed by atoms with Crippen molar-refractivity contribution in [3.05, 3.63) is 51.7 Å². The minimum absolute atomic E-state index is 0.0954. The van der Waals surface area contributed by atoms with Crippen LogP contribution in [-0.4, -0.2) is 44.9 Å². The van der Waals surface area contributed by atoms with E-state index in [9.17, 15) is 13.2 Å². The number of amides is 1. The molecule has 1 aromatic carbocycles. The van der Waals surface area contributed by atoms with Gasteiger partial charge in [0.25, 0.3) is 15.9 Å². The van der Waals surface area contributed by atoms with E-state index in [1.807, 2.05) is 0 Å². The number of furan rings is 1. The van der Waals surface area contributed by atoms with Crippen molar-refractivity contribution in [3.63, 3.8) is 0 Å². The Bertz CT molecular complexity index is 907. The number of hydrogen-bond donors (Lipinski definition) is 1. The molecule has 1 aliphatic rings. The van der Waals surface area contributed by atoms with Crippen molar-refractivity contribution in [2.75, 3.05) is 26.3 Å². The van der Waals surface area contributed by atoms with E-state index in [2.05, 4.69) is 5.32 Å². The molecule has 1 fully saturated rings. The molecule has 1 amide bonds. The molecule has 3 rings (SSSR count). The molecule has 1 N–H and O–H groups in total. The number of carbonyl (C=O) groups excluding carboxylic acids is 1. The highest BCUT2D eigenvalue weighted by Gasteiger charge is 2.30. The lowest BCUT2D eigenvalue weighted by Gasteiger charge is -2.24. The summed E-state index contributed by atoms with van der Waals surface area (Å²) in [5, 5.41) is 3.28. The Kier molecular flexibility index (Phi) is 5.89. The Balaban J connectivity index is 1.67. The molecule has 26 heavy (non-hydrogen) atoms. The Morgan fingerprint density at radius 2 is 1.88 bits per heavy atom. The number of sulfonamides is 1. The molecule has 0 aliphatic carbocycles. The highest BCUT2D eigenvalue weighted by Crippen LogP contribution is 2.22. The van der Waals surface area contributed by atoms with Crippen LogP contribution in [0.5, 0.6) is 0 Å². The van der Waals surface area contributed by atoms with Crippen LogP contribution in [0.25, 0.3) is 0 Å². The van der Waals surface area contributed by atoms with Crippen LogP contribution in [0.4, 0.5) is 0 Å². The third-order valence-corrected chi connectivity index (χ3v) is 6.18. The Hall–Kier alpha value is -1.58. The summed E-state index contributed by atoms with van der Waals surface area (Å²) in [6.07, 6.45) is 0. The van der Waals surface area contributed by atoms with Crippen molar-refractivity contribution in [2.45, 2.75) is 11.6 Å². The third-order valence-electron chi connectivity index (χ3n) is 3.82. The molecule has 0 atom stereocenters. The van der Waals surface area contributed by atoms with Crippen LogP contribution in [0.1, 0.15) is 16.1 Å². The van der Waals surface area contributed by atoms with Gasteiger partial charge in [-0.1, -0.05) is 29.3 Å². The Labute approximate surface area is 160 Å². The predicted molar refractivity (Wildman–Crippen MR) is 95.9 cm³/mol. The normalized spacial score (nSPS) is 15.8. The maximum absolute atomic E-state index is 12.5. The number of carbonyl (C=O) groups is 1. The molecule has 1 aromatic heterocycles. The van der Waals surface area contributed by atoms with Crippen LogP contribution in [-0.2, 0) is 21.3 Å². The minimum Gasteiger partial charge on any atom is -0.438 e. The van der Waals surface area contributed by atoms with E-state index >= 15 is 0 Å². The van der Waals surface area contributed by atoms with Crippen molar-refractivity contribution >= 4 is 39.1 Å². The van der Waals surface area contributed by atoms with Crippen LogP contribution in [0, 0.1) is 0 Å². The number of benzene rings is 1. The SMILES string of the molecule is O=C(NCc1ccc(Cl)cc1Cl)c1ccc(S(=O)(=O)N2CCOCC2)o1. The van der Waals surface area contributed by atoms with Crippen molar-refractivity contribution in [3.8, 4) is 0 Å². The molecule has 2 aromatic rings. The quantitative estimate of drug-likeness (QED) is 0.805. The van der Waals surface area contributed by atoms with Gasteiger partial charge in [0.2, 0.25) is 5.09 Å². The first-order valence-corrected chi connectivity index (χ1v) is 9.97. The second-order valence-electron chi connectivity index (χ2n) is 5.55. The lowest BCUT2D eigenvalue weighted by Crippen LogP contribution is -2.40. The number of hydrogen-bond acceptors (Lipinski definition) is 5. The van der Waals surface area contributed by atoms with Gasteiger partial charge in [0, 0.05) is 29.7 Å². The molecule has 10 heteroatoms. The van der Waals surface area contributed by atoms with Gasteiger partial charge < -0.3 is 14.5 Å². The number of halogens is 2. The zero-order valence-electron chi connectivity index (χ0n) is 13.6. The summed E-state index contributed by atoms with van der Waals surface area (Å²) in [4.78, 5) is 12.2. The standard InChI is InChI=1S/C16H16Cl2N2O5S/c17-12-2-1-11(13(18)9-12)10-19-16(21)14-3-4-15(25-14)26(22,23)20-5-7-24-8-6-20/h1-4,9H,5-8,10H2,(H,19,21). The largest absolute Gasteiger partial charge is 0.438 e. The van der Waals surface area contributed by atoms with Gasteiger partial charge in [-0.15, -0.1) is 0 Å². The van der Waals surface area contributed by atoms with Gasteiger partial charge in [-0.25, -0.2) is 8.42 Å². The van der Waals surface area contributed by atoms with Gasteiger partial charge in [-0.2, -0.15) is 4.31 Å². The van der Waals surface area contributed by atoms with Crippen LogP contribution in [0.15, 0.2) is 39.8 Å². The number of ether oxygens (including phenoxy) is 1. The van der Waals surface area contributed by atoms with E-state index in [1.165, 1.54) is 16.4 Å². The van der Waals surface area contributed by atoms with Crippen molar-refractivity contribution in [1.82, 2.24) is 9.62 Å².